The summed E-state index contributed by atoms with van der Waals surface area (Å²) in [7, 11) is -3.47. The number of carboxylic acids is 2. The van der Waals surface area contributed by atoms with Crippen molar-refractivity contribution in [1.82, 2.24) is 5.32 Å². The number of hydrogen-bond donors (Lipinski definition) is 4. The van der Waals surface area contributed by atoms with E-state index in [1.54, 1.807) is 60.7 Å². The zero-order chi connectivity index (χ0) is 21.4. The molecule has 2 aromatic rings. The Morgan fingerprint density at radius 1 is 0.931 bits per heavy atom. The van der Waals surface area contributed by atoms with Crippen LogP contribution < -0.4 is 5.32 Å². The van der Waals surface area contributed by atoms with Gasteiger partial charge in [-0.05, 0) is 24.1 Å². The molecule has 2 rings (SSSR count). The molecule has 1 amide bonds. The first-order chi connectivity index (χ1) is 13.8. The van der Waals surface area contributed by atoms with E-state index in [9.17, 15) is 28.9 Å². The molecule has 0 heterocycles. The Labute approximate surface area is 168 Å². The van der Waals surface area contributed by atoms with Crippen molar-refractivity contribution >= 4 is 25.9 Å². The minimum Gasteiger partial charge on any atom is -0.481 e. The molecule has 0 aliphatic heterocycles. The van der Waals surface area contributed by atoms with E-state index < -0.39 is 49.9 Å². The molecule has 154 valence electrons. The Kier molecular flexibility index (Phi) is 8.12. The second-order valence-corrected chi connectivity index (χ2v) is 7.81. The third-order valence-corrected chi connectivity index (χ3v) is 5.85. The van der Waals surface area contributed by atoms with E-state index in [0.717, 1.165) is 0 Å². The molecule has 0 radical (unpaired) electrons. The van der Waals surface area contributed by atoms with Crippen LogP contribution in [0.25, 0.3) is 0 Å². The first kappa shape index (κ1) is 22.3. The molecule has 4 N–H and O–H groups in total. The fourth-order valence-corrected chi connectivity index (χ4v) is 4.35. The van der Waals surface area contributed by atoms with Crippen molar-refractivity contribution in [1.29, 1.82) is 0 Å². The molecule has 8 nitrogen and oxygen atoms in total. The number of aliphatic carboxylic acids is 2. The van der Waals surface area contributed by atoms with Crippen LogP contribution in [0.2, 0.25) is 0 Å². The first-order valence-corrected chi connectivity index (χ1v) is 10.3. The molecule has 9 heteroatoms. The fourth-order valence-electron chi connectivity index (χ4n) is 3.14. The molecule has 4 unspecified atom stereocenters. The predicted octanol–water partition coefficient (Wildman–Crippen LogP) is 2.56. The van der Waals surface area contributed by atoms with Crippen LogP contribution >= 0.6 is 8.03 Å². The van der Waals surface area contributed by atoms with Gasteiger partial charge in [-0.1, -0.05) is 48.5 Å². The largest absolute Gasteiger partial charge is 0.481 e. The Morgan fingerprint density at radius 3 is 1.97 bits per heavy atom. The van der Waals surface area contributed by atoms with Crippen LogP contribution in [0.1, 0.15) is 34.8 Å². The average Bonchev–Trinajstić information content (AvgIpc) is 2.70. The van der Waals surface area contributed by atoms with Gasteiger partial charge in [0.2, 0.25) is 0 Å². The zero-order valence-electron chi connectivity index (χ0n) is 15.4. The molecule has 4 atom stereocenters. The molecule has 0 saturated heterocycles. The van der Waals surface area contributed by atoms with Gasteiger partial charge < -0.3 is 20.4 Å². The lowest BCUT2D eigenvalue weighted by molar-refractivity contribution is -0.143. The second kappa shape index (κ2) is 10.5. The molecule has 29 heavy (non-hydrogen) atoms. The average molecular weight is 419 g/mol. The topological polar surface area (TPSA) is 141 Å². The maximum atomic E-state index is 12.7. The Bertz CT molecular complexity index is 873. The van der Waals surface area contributed by atoms with Gasteiger partial charge in [0.05, 0.1) is 17.6 Å². The number of nitrogens with one attached hydrogen (secondary N) is 1. The van der Waals surface area contributed by atoms with Crippen LogP contribution in [0.15, 0.2) is 60.7 Å². The molecule has 2 aromatic carbocycles. The summed E-state index contributed by atoms with van der Waals surface area (Å²) in [6.07, 6.45) is -0.812. The molecular weight excluding hydrogens is 397 g/mol. The van der Waals surface area contributed by atoms with E-state index in [0.29, 0.717) is 11.1 Å². The van der Waals surface area contributed by atoms with Gasteiger partial charge in [-0.3, -0.25) is 18.9 Å². The maximum Gasteiger partial charge on any atom is 0.307 e. The van der Waals surface area contributed by atoms with Crippen LogP contribution in [0.3, 0.4) is 0 Å². The molecule has 0 aliphatic rings. The molecule has 0 aromatic heterocycles. The van der Waals surface area contributed by atoms with E-state index in [2.05, 4.69) is 5.32 Å². The molecular formula is C20H22NO7P. The van der Waals surface area contributed by atoms with Crippen LogP contribution in [0.5, 0.6) is 0 Å². The van der Waals surface area contributed by atoms with Gasteiger partial charge in [-0.25, -0.2) is 0 Å². The monoisotopic (exact) mass is 419 g/mol. The number of carbonyl (C=O) groups is 3. The third kappa shape index (κ3) is 6.27. The standard InChI is InChI=1S/C20H22NO7P/c22-16(23)12-11-15(20(25)26)18(29(27)28)17(13-7-3-1-4-8-13)21-19(24)14-9-5-2-6-10-14/h1-10,15,17-18,29H,11-12H2,(H,21,24)(H,22,23)(H,25,26)(H,27,28). The van der Waals surface area contributed by atoms with Crippen LogP contribution in [0, 0.1) is 5.92 Å². The van der Waals surface area contributed by atoms with Gasteiger partial charge in [0.1, 0.15) is 0 Å². The summed E-state index contributed by atoms with van der Waals surface area (Å²) in [5.74, 6) is -4.56. The highest BCUT2D eigenvalue weighted by atomic mass is 31.1. The van der Waals surface area contributed by atoms with E-state index >= 15 is 0 Å². The molecule has 0 saturated carbocycles. The molecule has 0 fully saturated rings. The summed E-state index contributed by atoms with van der Waals surface area (Å²) in [5.41, 5.74) is -0.620. The van der Waals surface area contributed by atoms with Crippen LogP contribution in [-0.4, -0.2) is 38.6 Å². The normalized spacial score (nSPS) is 14.9. The van der Waals surface area contributed by atoms with Gasteiger partial charge in [-0.15, -0.1) is 0 Å². The summed E-state index contributed by atoms with van der Waals surface area (Å²) in [4.78, 5) is 45.4. The predicted molar refractivity (Wildman–Crippen MR) is 106 cm³/mol. The third-order valence-electron chi connectivity index (χ3n) is 4.55. The van der Waals surface area contributed by atoms with E-state index in [4.69, 9.17) is 5.11 Å². The van der Waals surface area contributed by atoms with Crippen LogP contribution in [-0.2, 0) is 14.2 Å². The van der Waals surface area contributed by atoms with E-state index in [1.165, 1.54) is 0 Å². The van der Waals surface area contributed by atoms with Crippen molar-refractivity contribution in [2.45, 2.75) is 24.5 Å². The van der Waals surface area contributed by atoms with Gasteiger partial charge in [0, 0.05) is 12.0 Å². The summed E-state index contributed by atoms with van der Waals surface area (Å²) in [5, 5.41) is 21.2. The summed E-state index contributed by atoms with van der Waals surface area (Å²) >= 11 is 0. The van der Waals surface area contributed by atoms with Crippen molar-refractivity contribution < 1.29 is 34.1 Å². The summed E-state index contributed by atoms with van der Waals surface area (Å²) in [6, 6.07) is 15.4. The highest BCUT2D eigenvalue weighted by Crippen LogP contribution is 2.41. The van der Waals surface area contributed by atoms with Gasteiger partial charge in [-0.2, -0.15) is 0 Å². The summed E-state index contributed by atoms with van der Waals surface area (Å²) < 4.78 is 12.2. The lowest BCUT2D eigenvalue weighted by atomic mass is 9.90. The number of carboxylic acid groups (broad SMARTS) is 2. The number of hydrogen-bond acceptors (Lipinski definition) is 4. The van der Waals surface area contributed by atoms with Crippen LogP contribution in [0.4, 0.5) is 0 Å². The lowest BCUT2D eigenvalue weighted by Crippen LogP contribution is -2.41. The Hall–Kier alpha value is -2.96. The minimum absolute atomic E-state index is 0.308. The zero-order valence-corrected chi connectivity index (χ0v) is 16.4. The van der Waals surface area contributed by atoms with Crippen molar-refractivity contribution in [3.8, 4) is 0 Å². The number of benzene rings is 2. The van der Waals surface area contributed by atoms with Crippen molar-refractivity contribution in [3.63, 3.8) is 0 Å². The van der Waals surface area contributed by atoms with Crippen molar-refractivity contribution in [2.75, 3.05) is 0 Å². The Morgan fingerprint density at radius 2 is 1.48 bits per heavy atom. The SMILES string of the molecule is O=C(O)CCC(C(=O)O)C(C(NC(=O)c1ccccc1)c1ccccc1)[PH](=O)O. The molecule has 0 bridgehead atoms. The highest BCUT2D eigenvalue weighted by Gasteiger charge is 2.39. The molecule has 0 aliphatic carbocycles. The number of amides is 1. The van der Waals surface area contributed by atoms with Crippen molar-refractivity contribution in [2.24, 2.45) is 5.92 Å². The van der Waals surface area contributed by atoms with E-state index in [1.807, 2.05) is 0 Å². The number of rotatable bonds is 10. The Balaban J connectivity index is 2.45. The lowest BCUT2D eigenvalue weighted by Gasteiger charge is -2.30. The second-order valence-electron chi connectivity index (χ2n) is 6.47. The maximum absolute atomic E-state index is 12.7. The highest BCUT2D eigenvalue weighted by molar-refractivity contribution is 7.39. The van der Waals surface area contributed by atoms with Gasteiger partial charge in [0.15, 0.2) is 8.03 Å². The smallest absolute Gasteiger partial charge is 0.307 e. The first-order valence-electron chi connectivity index (χ1n) is 8.89. The number of carbonyl (C=O) groups excluding carboxylic acids is 1. The summed E-state index contributed by atoms with van der Waals surface area (Å²) in [6.45, 7) is 0. The van der Waals surface area contributed by atoms with E-state index in [-0.39, 0.29) is 6.42 Å². The van der Waals surface area contributed by atoms with Gasteiger partial charge >= 0.3 is 11.9 Å². The fraction of sp³-hybridized carbons (Fsp3) is 0.250. The van der Waals surface area contributed by atoms with Crippen molar-refractivity contribution in [3.05, 3.63) is 71.8 Å². The molecule has 0 spiro atoms. The quantitative estimate of drug-likeness (QED) is 0.434. The van der Waals surface area contributed by atoms with Gasteiger partial charge in [0.25, 0.3) is 5.91 Å². The minimum atomic E-state index is -3.47.